The number of hydrogen-bond donors (Lipinski definition) is 0. The number of hydrogen-bond acceptors (Lipinski definition) is 5. The second-order valence-corrected chi connectivity index (χ2v) is 7.85. The van der Waals surface area contributed by atoms with Crippen LogP contribution in [0.15, 0.2) is 41.2 Å². The Kier molecular flexibility index (Phi) is 4.92. The van der Waals surface area contributed by atoms with Crippen molar-refractivity contribution in [2.45, 2.75) is 38.9 Å². The molecule has 2 atom stereocenters. The minimum atomic E-state index is -4.63. The summed E-state index contributed by atoms with van der Waals surface area (Å²) in [6.07, 6.45) is 1.32. The molecular weight excluding hydrogens is 421 g/mol. The highest BCUT2D eigenvalue weighted by atomic mass is 35.5. The summed E-state index contributed by atoms with van der Waals surface area (Å²) in [4.78, 5) is 23.2. The molecule has 2 aliphatic rings. The van der Waals surface area contributed by atoms with Gasteiger partial charge in [0.1, 0.15) is 5.69 Å². The van der Waals surface area contributed by atoms with Crippen molar-refractivity contribution in [1.29, 1.82) is 0 Å². The van der Waals surface area contributed by atoms with E-state index in [-0.39, 0.29) is 13.0 Å². The molecule has 0 saturated carbocycles. The summed E-state index contributed by atoms with van der Waals surface area (Å²) in [6, 6.07) is 1.20. The maximum Gasteiger partial charge on any atom is 0.417 e. The van der Waals surface area contributed by atoms with Gasteiger partial charge >= 0.3 is 6.18 Å². The highest BCUT2D eigenvalue weighted by Crippen LogP contribution is 2.47. The molecular formula is C19H18ClF3N6O. The van der Waals surface area contributed by atoms with Gasteiger partial charge in [0.2, 0.25) is 5.91 Å². The monoisotopic (exact) mass is 438 g/mol. The Morgan fingerprint density at radius 1 is 1.30 bits per heavy atom. The van der Waals surface area contributed by atoms with Crippen LogP contribution in [0.3, 0.4) is 0 Å². The van der Waals surface area contributed by atoms with E-state index in [0.29, 0.717) is 18.1 Å². The number of rotatable bonds is 2. The summed E-state index contributed by atoms with van der Waals surface area (Å²) < 4.78 is 41.5. The molecule has 2 aromatic heterocycles. The highest BCUT2D eigenvalue weighted by molar-refractivity contribution is 6.33. The molecule has 0 saturated heterocycles. The molecule has 1 amide bonds. The molecule has 0 bridgehead atoms. The lowest BCUT2D eigenvalue weighted by atomic mass is 9.78. The average Bonchev–Trinajstić information content (AvgIpc) is 3.15. The summed E-state index contributed by atoms with van der Waals surface area (Å²) in [6.45, 7) is 3.51. The number of alkyl halides is 3. The van der Waals surface area contributed by atoms with Crippen LogP contribution in [0, 0.1) is 5.41 Å². The van der Waals surface area contributed by atoms with E-state index in [0.717, 1.165) is 11.8 Å². The van der Waals surface area contributed by atoms with Crippen molar-refractivity contribution in [3.8, 4) is 5.95 Å². The first-order valence-corrected chi connectivity index (χ1v) is 9.69. The minimum Gasteiger partial charge on any atom is -0.333 e. The van der Waals surface area contributed by atoms with Gasteiger partial charge in [-0.15, -0.1) is 5.10 Å². The van der Waals surface area contributed by atoms with E-state index in [1.54, 1.807) is 25.4 Å². The zero-order valence-corrected chi connectivity index (χ0v) is 16.9. The Hall–Kier alpha value is -2.75. The molecule has 0 fully saturated rings. The van der Waals surface area contributed by atoms with Crippen LogP contribution in [-0.2, 0) is 11.2 Å². The van der Waals surface area contributed by atoms with Crippen molar-refractivity contribution in [3.63, 3.8) is 0 Å². The van der Waals surface area contributed by atoms with Crippen LogP contribution < -0.4 is 0 Å². The lowest BCUT2D eigenvalue weighted by Gasteiger charge is -2.40. The third-order valence-corrected chi connectivity index (χ3v) is 6.18. The van der Waals surface area contributed by atoms with Crippen LogP contribution in [0.4, 0.5) is 13.2 Å². The smallest absolute Gasteiger partial charge is 0.333 e. The van der Waals surface area contributed by atoms with Crippen LogP contribution in [0.1, 0.15) is 37.7 Å². The molecule has 0 radical (unpaired) electrons. The Morgan fingerprint density at radius 3 is 2.67 bits per heavy atom. The first-order chi connectivity index (χ1) is 14.1. The SMILES string of the molecule is CC1c2nnn(-c3ncccn3)c2CCN1C(=O)C1(C)CC=CC(C(F)(F)F)=C1Cl. The molecule has 0 N–H and O–H groups in total. The molecule has 1 aliphatic heterocycles. The second-order valence-electron chi connectivity index (χ2n) is 7.47. The average molecular weight is 439 g/mol. The fourth-order valence-electron chi connectivity index (χ4n) is 3.87. The van der Waals surface area contributed by atoms with Crippen molar-refractivity contribution in [1.82, 2.24) is 29.9 Å². The van der Waals surface area contributed by atoms with E-state index in [1.807, 2.05) is 0 Å². The first-order valence-electron chi connectivity index (χ1n) is 9.31. The van der Waals surface area contributed by atoms with E-state index < -0.39 is 34.1 Å². The Morgan fingerprint density at radius 2 is 2.00 bits per heavy atom. The topological polar surface area (TPSA) is 76.8 Å². The third-order valence-electron chi connectivity index (χ3n) is 5.56. The molecule has 7 nitrogen and oxygen atoms in total. The minimum absolute atomic E-state index is 0.0882. The van der Waals surface area contributed by atoms with Crippen LogP contribution in [0.2, 0.25) is 0 Å². The summed E-state index contributed by atoms with van der Waals surface area (Å²) in [5.41, 5.74) is -1.15. The van der Waals surface area contributed by atoms with Gasteiger partial charge in [0.05, 0.1) is 22.7 Å². The number of fused-ring (bicyclic) bond motifs is 1. The standard InChI is InChI=1S/C19H18ClF3N6O/c1-11-14-13(29(27-26-14)17-24-8-4-9-25-17)6-10-28(11)16(30)18(2)7-3-5-12(15(18)20)19(21,22)23/h3-5,8-9,11H,6-7,10H2,1-2H3. The van der Waals surface area contributed by atoms with Crippen LogP contribution >= 0.6 is 11.6 Å². The number of carbonyl (C=O) groups is 1. The number of aromatic nitrogens is 5. The van der Waals surface area contributed by atoms with Gasteiger partial charge in [-0.25, -0.2) is 9.97 Å². The fraction of sp³-hybridized carbons (Fsp3) is 0.421. The third kappa shape index (κ3) is 3.19. The predicted molar refractivity (Wildman–Crippen MR) is 102 cm³/mol. The molecule has 0 spiro atoms. The van der Waals surface area contributed by atoms with Crippen molar-refractivity contribution < 1.29 is 18.0 Å². The molecule has 2 unspecified atom stereocenters. The molecule has 158 valence electrons. The number of allylic oxidation sites excluding steroid dienone is 3. The molecule has 30 heavy (non-hydrogen) atoms. The molecule has 11 heteroatoms. The van der Waals surface area contributed by atoms with Gasteiger partial charge in [0, 0.05) is 30.4 Å². The second kappa shape index (κ2) is 7.19. The van der Waals surface area contributed by atoms with Gasteiger partial charge in [-0.3, -0.25) is 4.79 Å². The summed E-state index contributed by atoms with van der Waals surface area (Å²) in [5.74, 6) is -0.106. The summed E-state index contributed by atoms with van der Waals surface area (Å²) in [5, 5.41) is 7.81. The Labute approximate surface area is 175 Å². The molecule has 0 aromatic carbocycles. The number of nitrogens with zero attached hydrogens (tertiary/aromatic N) is 6. The maximum atomic E-state index is 13.4. The van der Waals surface area contributed by atoms with Gasteiger partial charge in [0.15, 0.2) is 0 Å². The predicted octanol–water partition coefficient (Wildman–Crippen LogP) is 3.52. The normalized spacial score (nSPS) is 24.2. The number of halogens is 4. The Bertz CT molecular complexity index is 1050. The van der Waals surface area contributed by atoms with E-state index in [9.17, 15) is 18.0 Å². The number of carbonyl (C=O) groups excluding carboxylic acids is 1. The maximum absolute atomic E-state index is 13.4. The van der Waals surface area contributed by atoms with Gasteiger partial charge < -0.3 is 4.90 Å². The summed E-state index contributed by atoms with van der Waals surface area (Å²) in [7, 11) is 0. The van der Waals surface area contributed by atoms with Gasteiger partial charge in [-0.2, -0.15) is 17.9 Å². The zero-order chi connectivity index (χ0) is 21.7. The van der Waals surface area contributed by atoms with Crippen LogP contribution in [0.25, 0.3) is 5.95 Å². The van der Waals surface area contributed by atoms with E-state index in [2.05, 4.69) is 20.3 Å². The van der Waals surface area contributed by atoms with E-state index in [4.69, 9.17) is 11.6 Å². The number of amides is 1. The largest absolute Gasteiger partial charge is 0.417 e. The van der Waals surface area contributed by atoms with Gasteiger partial charge in [-0.1, -0.05) is 29.0 Å². The van der Waals surface area contributed by atoms with E-state index >= 15 is 0 Å². The quantitative estimate of drug-likeness (QED) is 0.717. The van der Waals surface area contributed by atoms with E-state index in [1.165, 1.54) is 22.6 Å². The van der Waals surface area contributed by atoms with Crippen molar-refractivity contribution >= 4 is 17.5 Å². The highest BCUT2D eigenvalue weighted by Gasteiger charge is 2.48. The van der Waals surface area contributed by atoms with Gasteiger partial charge in [-0.05, 0) is 26.3 Å². The van der Waals surface area contributed by atoms with Crippen molar-refractivity contribution in [3.05, 3.63) is 52.6 Å². The fourth-order valence-corrected chi connectivity index (χ4v) is 4.20. The lowest BCUT2D eigenvalue weighted by Crippen LogP contribution is -2.48. The van der Waals surface area contributed by atoms with Crippen LogP contribution in [0.5, 0.6) is 0 Å². The van der Waals surface area contributed by atoms with Gasteiger partial charge in [0.25, 0.3) is 5.95 Å². The van der Waals surface area contributed by atoms with Crippen molar-refractivity contribution in [2.75, 3.05) is 6.54 Å². The zero-order valence-electron chi connectivity index (χ0n) is 16.2. The molecule has 4 rings (SSSR count). The molecule has 2 aromatic rings. The molecule has 1 aliphatic carbocycles. The lowest BCUT2D eigenvalue weighted by molar-refractivity contribution is -0.142. The summed E-state index contributed by atoms with van der Waals surface area (Å²) >= 11 is 6.13. The Balaban J connectivity index is 1.66. The first kappa shape index (κ1) is 20.5. The molecule has 3 heterocycles. The van der Waals surface area contributed by atoms with Crippen molar-refractivity contribution in [2.24, 2.45) is 5.41 Å². The van der Waals surface area contributed by atoms with Crippen LogP contribution in [-0.4, -0.2) is 48.5 Å².